The second kappa shape index (κ2) is 6.00. The molecular formula is C11H20N2O. The van der Waals surface area contributed by atoms with Gasteiger partial charge in [0, 0.05) is 19.7 Å². The van der Waals surface area contributed by atoms with Gasteiger partial charge < -0.3 is 4.74 Å². The van der Waals surface area contributed by atoms with Gasteiger partial charge in [0.05, 0.1) is 18.6 Å². The minimum absolute atomic E-state index is 0.372. The quantitative estimate of drug-likeness (QED) is 0.687. The normalized spacial score (nSPS) is 25.6. The van der Waals surface area contributed by atoms with Crippen LogP contribution in [0.2, 0.25) is 0 Å². The molecule has 80 valence electrons. The van der Waals surface area contributed by atoms with E-state index in [0.717, 1.165) is 25.9 Å². The van der Waals surface area contributed by atoms with Gasteiger partial charge in [0.15, 0.2) is 0 Å². The van der Waals surface area contributed by atoms with E-state index in [-0.39, 0.29) is 0 Å². The lowest BCUT2D eigenvalue weighted by Gasteiger charge is -2.36. The predicted molar refractivity (Wildman–Crippen MR) is 55.9 cm³/mol. The van der Waals surface area contributed by atoms with Gasteiger partial charge in [0.1, 0.15) is 0 Å². The van der Waals surface area contributed by atoms with Crippen molar-refractivity contribution in [3.8, 4) is 6.07 Å². The Morgan fingerprint density at radius 2 is 2.43 bits per heavy atom. The molecule has 1 heterocycles. The summed E-state index contributed by atoms with van der Waals surface area (Å²) in [5.41, 5.74) is 0. The molecule has 1 fully saturated rings. The van der Waals surface area contributed by atoms with E-state index in [0.29, 0.717) is 18.6 Å². The molecule has 1 rings (SSSR count). The molecule has 2 atom stereocenters. The summed E-state index contributed by atoms with van der Waals surface area (Å²) < 4.78 is 5.37. The molecule has 1 aliphatic heterocycles. The van der Waals surface area contributed by atoms with Crippen LogP contribution >= 0.6 is 0 Å². The van der Waals surface area contributed by atoms with Crippen LogP contribution < -0.4 is 0 Å². The molecular weight excluding hydrogens is 176 g/mol. The molecule has 0 spiro atoms. The summed E-state index contributed by atoms with van der Waals surface area (Å²) in [5.74, 6) is 0. The summed E-state index contributed by atoms with van der Waals surface area (Å²) in [6.07, 6.45) is 4.43. The molecule has 0 aromatic rings. The molecule has 3 heteroatoms. The maximum Gasteiger partial charge on any atom is 0.0698 e. The summed E-state index contributed by atoms with van der Waals surface area (Å²) in [6.45, 7) is 4.27. The van der Waals surface area contributed by atoms with Crippen molar-refractivity contribution in [3.63, 3.8) is 0 Å². The third-order valence-electron chi connectivity index (χ3n) is 3.06. The van der Waals surface area contributed by atoms with E-state index in [1.165, 1.54) is 6.42 Å². The molecule has 3 nitrogen and oxygen atoms in total. The van der Waals surface area contributed by atoms with Crippen molar-refractivity contribution in [2.75, 3.05) is 20.2 Å². The van der Waals surface area contributed by atoms with E-state index in [4.69, 9.17) is 10.00 Å². The summed E-state index contributed by atoms with van der Waals surface area (Å²) in [6, 6.07) is 2.70. The van der Waals surface area contributed by atoms with Crippen LogP contribution in [0.4, 0.5) is 0 Å². The Labute approximate surface area is 86.6 Å². The maximum atomic E-state index is 8.71. The molecule has 0 aliphatic carbocycles. The molecule has 0 aromatic carbocycles. The number of methoxy groups -OCH3 is 1. The van der Waals surface area contributed by atoms with Crippen molar-refractivity contribution in [3.05, 3.63) is 0 Å². The molecule has 0 saturated carbocycles. The van der Waals surface area contributed by atoms with Crippen molar-refractivity contribution < 1.29 is 4.74 Å². The van der Waals surface area contributed by atoms with Crippen molar-refractivity contribution in [2.24, 2.45) is 0 Å². The van der Waals surface area contributed by atoms with Crippen molar-refractivity contribution in [1.82, 2.24) is 4.90 Å². The van der Waals surface area contributed by atoms with Crippen LogP contribution in [0.1, 0.15) is 32.6 Å². The van der Waals surface area contributed by atoms with Crippen LogP contribution in [0.15, 0.2) is 0 Å². The van der Waals surface area contributed by atoms with E-state index in [9.17, 15) is 0 Å². The number of nitriles is 1. The van der Waals surface area contributed by atoms with E-state index >= 15 is 0 Å². The van der Waals surface area contributed by atoms with Gasteiger partial charge in [0.2, 0.25) is 0 Å². The smallest absolute Gasteiger partial charge is 0.0698 e. The molecule has 2 unspecified atom stereocenters. The second-order valence-corrected chi connectivity index (χ2v) is 3.92. The van der Waals surface area contributed by atoms with Crippen LogP contribution in [0.3, 0.4) is 0 Å². The van der Waals surface area contributed by atoms with Crippen LogP contribution in [0.25, 0.3) is 0 Å². The zero-order valence-electron chi connectivity index (χ0n) is 9.20. The number of rotatable bonds is 4. The highest BCUT2D eigenvalue weighted by molar-refractivity contribution is 4.85. The SMILES string of the molecule is CCC(CC#N)N1CCCC(OC)C1. The summed E-state index contributed by atoms with van der Waals surface area (Å²) in [4.78, 5) is 2.40. The van der Waals surface area contributed by atoms with Crippen LogP contribution in [0, 0.1) is 11.3 Å². The number of piperidine rings is 1. The van der Waals surface area contributed by atoms with E-state index in [1.807, 2.05) is 0 Å². The lowest BCUT2D eigenvalue weighted by molar-refractivity contribution is 0.0145. The molecule has 0 bridgehead atoms. The first kappa shape index (κ1) is 11.5. The minimum Gasteiger partial charge on any atom is -0.380 e. The number of nitrogens with zero attached hydrogens (tertiary/aromatic N) is 2. The highest BCUT2D eigenvalue weighted by Gasteiger charge is 2.24. The summed E-state index contributed by atoms with van der Waals surface area (Å²) >= 11 is 0. The van der Waals surface area contributed by atoms with E-state index in [1.54, 1.807) is 7.11 Å². The maximum absolute atomic E-state index is 8.71. The molecule has 1 saturated heterocycles. The minimum atomic E-state index is 0.372. The molecule has 1 aliphatic rings. The van der Waals surface area contributed by atoms with Gasteiger partial charge >= 0.3 is 0 Å². The topological polar surface area (TPSA) is 36.3 Å². The molecule has 0 radical (unpaired) electrons. The van der Waals surface area contributed by atoms with Crippen molar-refractivity contribution in [1.29, 1.82) is 5.26 Å². The third kappa shape index (κ3) is 2.97. The predicted octanol–water partition coefficient (Wildman–Crippen LogP) is 1.79. The number of hydrogen-bond acceptors (Lipinski definition) is 3. The highest BCUT2D eigenvalue weighted by atomic mass is 16.5. The zero-order chi connectivity index (χ0) is 10.4. The third-order valence-corrected chi connectivity index (χ3v) is 3.06. The lowest BCUT2D eigenvalue weighted by Crippen LogP contribution is -2.44. The highest BCUT2D eigenvalue weighted by Crippen LogP contribution is 2.18. The summed E-state index contributed by atoms with van der Waals surface area (Å²) in [7, 11) is 1.78. The molecule has 0 amide bonds. The van der Waals surface area contributed by atoms with Crippen molar-refractivity contribution in [2.45, 2.75) is 44.8 Å². The molecule has 0 aromatic heterocycles. The first-order chi connectivity index (χ1) is 6.81. The first-order valence-corrected chi connectivity index (χ1v) is 5.45. The monoisotopic (exact) mass is 196 g/mol. The Hall–Kier alpha value is -0.590. The van der Waals surface area contributed by atoms with Crippen LogP contribution in [-0.2, 0) is 4.74 Å². The summed E-state index contributed by atoms with van der Waals surface area (Å²) in [5, 5.41) is 8.71. The molecule has 14 heavy (non-hydrogen) atoms. The van der Waals surface area contributed by atoms with Gasteiger partial charge in [-0.15, -0.1) is 0 Å². The number of ether oxygens (including phenoxy) is 1. The fourth-order valence-corrected chi connectivity index (χ4v) is 2.13. The standard InChI is InChI=1S/C11H20N2O/c1-3-10(6-7-12)13-8-4-5-11(9-13)14-2/h10-11H,3-6,8-9H2,1-2H3. The molecule has 0 N–H and O–H groups in total. The van der Waals surface area contributed by atoms with E-state index in [2.05, 4.69) is 17.9 Å². The first-order valence-electron chi connectivity index (χ1n) is 5.45. The van der Waals surface area contributed by atoms with Gasteiger partial charge in [-0.3, -0.25) is 4.90 Å². The lowest BCUT2D eigenvalue weighted by atomic mass is 10.0. The average Bonchev–Trinajstić information content (AvgIpc) is 2.26. The largest absolute Gasteiger partial charge is 0.380 e. The Morgan fingerprint density at radius 1 is 1.64 bits per heavy atom. The Morgan fingerprint density at radius 3 is 3.00 bits per heavy atom. The number of likely N-dealkylation sites (tertiary alicyclic amines) is 1. The Kier molecular flexibility index (Phi) is 4.92. The fraction of sp³-hybridized carbons (Fsp3) is 0.909. The van der Waals surface area contributed by atoms with Crippen LogP contribution in [-0.4, -0.2) is 37.2 Å². The van der Waals surface area contributed by atoms with Gasteiger partial charge in [-0.25, -0.2) is 0 Å². The second-order valence-electron chi connectivity index (χ2n) is 3.92. The zero-order valence-corrected chi connectivity index (χ0v) is 9.20. The van der Waals surface area contributed by atoms with Gasteiger partial charge in [-0.2, -0.15) is 5.26 Å². The number of hydrogen-bond donors (Lipinski definition) is 0. The van der Waals surface area contributed by atoms with Gasteiger partial charge in [-0.1, -0.05) is 6.92 Å². The Balaban J connectivity index is 2.45. The average molecular weight is 196 g/mol. The van der Waals surface area contributed by atoms with Crippen molar-refractivity contribution >= 4 is 0 Å². The fourth-order valence-electron chi connectivity index (χ4n) is 2.13. The van der Waals surface area contributed by atoms with E-state index < -0.39 is 0 Å². The van der Waals surface area contributed by atoms with Gasteiger partial charge in [-0.05, 0) is 25.8 Å². The Bertz CT molecular complexity index is 200. The van der Waals surface area contributed by atoms with Crippen LogP contribution in [0.5, 0.6) is 0 Å². The van der Waals surface area contributed by atoms with Gasteiger partial charge in [0.25, 0.3) is 0 Å².